The number of nitrogens with zero attached hydrogens (tertiary/aromatic N) is 2. The van der Waals surface area contributed by atoms with Gasteiger partial charge in [0.2, 0.25) is 0 Å². The summed E-state index contributed by atoms with van der Waals surface area (Å²) in [6.07, 6.45) is 5.10. The number of aromatic amines is 1. The van der Waals surface area contributed by atoms with Crippen molar-refractivity contribution in [1.29, 1.82) is 0 Å². The van der Waals surface area contributed by atoms with E-state index in [9.17, 15) is 4.79 Å². The van der Waals surface area contributed by atoms with Crippen LogP contribution in [0.15, 0.2) is 48.9 Å². The van der Waals surface area contributed by atoms with E-state index in [1.165, 1.54) is 0 Å². The number of hydrogen-bond donors (Lipinski definition) is 2. The topological polar surface area (TPSA) is 70.7 Å². The molecule has 0 saturated carbocycles. The molecule has 0 atom stereocenters. The molecule has 0 bridgehead atoms. The van der Waals surface area contributed by atoms with Crippen molar-refractivity contribution in [2.24, 2.45) is 0 Å². The highest BCUT2D eigenvalue weighted by Crippen LogP contribution is 2.13. The molecule has 0 unspecified atom stereocenters. The first-order valence-electron chi connectivity index (χ1n) is 5.94. The Balaban J connectivity index is 1.73. The number of pyridine rings is 2. The van der Waals surface area contributed by atoms with E-state index in [-0.39, 0.29) is 5.91 Å². The van der Waals surface area contributed by atoms with E-state index < -0.39 is 0 Å². The van der Waals surface area contributed by atoms with Crippen LogP contribution in [0.1, 0.15) is 16.2 Å². The van der Waals surface area contributed by atoms with Gasteiger partial charge in [-0.15, -0.1) is 0 Å². The van der Waals surface area contributed by atoms with Crippen LogP contribution in [0.2, 0.25) is 0 Å². The molecule has 1 amide bonds. The van der Waals surface area contributed by atoms with Crippen LogP contribution in [0.25, 0.3) is 10.9 Å². The molecular weight excluding hydrogens is 240 g/mol. The normalized spacial score (nSPS) is 10.5. The van der Waals surface area contributed by atoms with Crippen molar-refractivity contribution < 1.29 is 4.79 Å². The van der Waals surface area contributed by atoms with E-state index in [0.29, 0.717) is 12.2 Å². The predicted molar refractivity (Wildman–Crippen MR) is 71.5 cm³/mol. The third-order valence-electron chi connectivity index (χ3n) is 2.82. The van der Waals surface area contributed by atoms with Gasteiger partial charge in [-0.2, -0.15) is 0 Å². The van der Waals surface area contributed by atoms with Crippen molar-refractivity contribution in [1.82, 2.24) is 20.3 Å². The minimum atomic E-state index is -0.151. The second-order valence-electron chi connectivity index (χ2n) is 4.15. The Bertz CT molecular complexity index is 673. The molecule has 0 aliphatic heterocycles. The van der Waals surface area contributed by atoms with Crippen LogP contribution >= 0.6 is 0 Å². The second-order valence-corrected chi connectivity index (χ2v) is 4.15. The van der Waals surface area contributed by atoms with Gasteiger partial charge in [-0.3, -0.25) is 14.8 Å². The summed E-state index contributed by atoms with van der Waals surface area (Å²) < 4.78 is 0. The fourth-order valence-electron chi connectivity index (χ4n) is 1.86. The number of H-pyrrole nitrogens is 1. The maximum Gasteiger partial charge on any atom is 0.268 e. The van der Waals surface area contributed by atoms with Crippen molar-refractivity contribution in [3.63, 3.8) is 0 Å². The molecule has 0 fully saturated rings. The van der Waals surface area contributed by atoms with Crippen LogP contribution in [-0.4, -0.2) is 20.9 Å². The highest BCUT2D eigenvalue weighted by molar-refractivity contribution is 5.97. The minimum absolute atomic E-state index is 0.151. The Morgan fingerprint density at radius 3 is 3.00 bits per heavy atom. The minimum Gasteiger partial charge on any atom is -0.349 e. The van der Waals surface area contributed by atoms with E-state index in [1.54, 1.807) is 18.6 Å². The SMILES string of the molecule is O=C(NCc1ccccn1)c1cc2ccncc2[nH]1. The molecule has 3 rings (SSSR count). The molecule has 3 aromatic rings. The second kappa shape index (κ2) is 4.89. The molecule has 3 heterocycles. The predicted octanol–water partition coefficient (Wildman–Crippen LogP) is 1.89. The molecule has 3 aromatic heterocycles. The Morgan fingerprint density at radius 1 is 1.26 bits per heavy atom. The molecule has 0 aliphatic carbocycles. The van der Waals surface area contributed by atoms with Gasteiger partial charge in [0.05, 0.1) is 24.0 Å². The molecule has 5 nitrogen and oxygen atoms in total. The lowest BCUT2D eigenvalue weighted by atomic mass is 10.3. The number of fused-ring (bicyclic) bond motifs is 1. The van der Waals surface area contributed by atoms with Crippen molar-refractivity contribution in [3.05, 3.63) is 60.3 Å². The molecule has 19 heavy (non-hydrogen) atoms. The quantitative estimate of drug-likeness (QED) is 0.747. The largest absolute Gasteiger partial charge is 0.349 e. The number of rotatable bonds is 3. The van der Waals surface area contributed by atoms with Crippen LogP contribution in [0.4, 0.5) is 0 Å². The van der Waals surface area contributed by atoms with Gasteiger partial charge >= 0.3 is 0 Å². The summed E-state index contributed by atoms with van der Waals surface area (Å²) in [7, 11) is 0. The Morgan fingerprint density at radius 2 is 2.21 bits per heavy atom. The summed E-state index contributed by atoms with van der Waals surface area (Å²) in [5.74, 6) is -0.151. The zero-order valence-corrected chi connectivity index (χ0v) is 10.1. The number of hydrogen-bond acceptors (Lipinski definition) is 3. The summed E-state index contributed by atoms with van der Waals surface area (Å²) in [6, 6.07) is 9.28. The average Bonchev–Trinajstić information content (AvgIpc) is 2.90. The molecule has 0 spiro atoms. The molecule has 0 aromatic carbocycles. The first-order valence-corrected chi connectivity index (χ1v) is 5.94. The first kappa shape index (κ1) is 11.4. The molecule has 2 N–H and O–H groups in total. The Hall–Kier alpha value is -2.69. The fourth-order valence-corrected chi connectivity index (χ4v) is 1.86. The van der Waals surface area contributed by atoms with E-state index in [4.69, 9.17) is 0 Å². The van der Waals surface area contributed by atoms with Gasteiger partial charge in [0.1, 0.15) is 5.69 Å². The smallest absolute Gasteiger partial charge is 0.268 e. The zero-order valence-electron chi connectivity index (χ0n) is 10.1. The van der Waals surface area contributed by atoms with Crippen molar-refractivity contribution in [3.8, 4) is 0 Å². The summed E-state index contributed by atoms with van der Waals surface area (Å²) in [4.78, 5) is 23.2. The van der Waals surface area contributed by atoms with Gasteiger partial charge in [0.25, 0.3) is 5.91 Å². The van der Waals surface area contributed by atoms with Crippen LogP contribution in [0, 0.1) is 0 Å². The Kier molecular flexibility index (Phi) is 2.94. The van der Waals surface area contributed by atoms with Gasteiger partial charge in [0.15, 0.2) is 0 Å². The summed E-state index contributed by atoms with van der Waals surface area (Å²) >= 11 is 0. The fraction of sp³-hybridized carbons (Fsp3) is 0.0714. The summed E-state index contributed by atoms with van der Waals surface area (Å²) in [5, 5.41) is 3.79. The van der Waals surface area contributed by atoms with Gasteiger partial charge in [-0.1, -0.05) is 6.07 Å². The van der Waals surface area contributed by atoms with Gasteiger partial charge in [0, 0.05) is 17.8 Å². The standard InChI is InChI=1S/C14H12N4O/c19-14(17-8-11-3-1-2-5-16-11)12-7-10-4-6-15-9-13(10)18-12/h1-7,9,18H,8H2,(H,17,19). The third kappa shape index (κ3) is 2.44. The number of carbonyl (C=O) groups excluding carboxylic acids is 1. The lowest BCUT2D eigenvalue weighted by molar-refractivity contribution is 0.0946. The van der Waals surface area contributed by atoms with Crippen LogP contribution in [-0.2, 0) is 6.54 Å². The van der Waals surface area contributed by atoms with E-state index in [0.717, 1.165) is 16.6 Å². The molecule has 0 saturated heterocycles. The molecule has 5 heteroatoms. The number of carbonyl (C=O) groups is 1. The summed E-state index contributed by atoms with van der Waals surface area (Å²) in [6.45, 7) is 0.410. The summed E-state index contributed by atoms with van der Waals surface area (Å²) in [5.41, 5.74) is 2.21. The molecule has 0 radical (unpaired) electrons. The lowest BCUT2D eigenvalue weighted by Crippen LogP contribution is -2.23. The monoisotopic (exact) mass is 252 g/mol. The maximum absolute atomic E-state index is 12.0. The molecular formula is C14H12N4O. The third-order valence-corrected chi connectivity index (χ3v) is 2.82. The maximum atomic E-state index is 12.0. The van der Waals surface area contributed by atoms with Crippen LogP contribution in [0.3, 0.4) is 0 Å². The highest BCUT2D eigenvalue weighted by atomic mass is 16.1. The van der Waals surface area contributed by atoms with Crippen molar-refractivity contribution in [2.75, 3.05) is 0 Å². The number of aromatic nitrogens is 3. The van der Waals surface area contributed by atoms with Crippen molar-refractivity contribution in [2.45, 2.75) is 6.54 Å². The van der Waals surface area contributed by atoms with Gasteiger partial charge < -0.3 is 10.3 Å². The highest BCUT2D eigenvalue weighted by Gasteiger charge is 2.09. The lowest BCUT2D eigenvalue weighted by Gasteiger charge is -2.02. The Labute approximate surface area is 109 Å². The van der Waals surface area contributed by atoms with Gasteiger partial charge in [-0.25, -0.2) is 0 Å². The number of nitrogens with one attached hydrogen (secondary N) is 2. The van der Waals surface area contributed by atoms with Crippen LogP contribution < -0.4 is 5.32 Å². The molecule has 94 valence electrons. The zero-order chi connectivity index (χ0) is 13.1. The van der Waals surface area contributed by atoms with E-state index in [2.05, 4.69) is 20.3 Å². The van der Waals surface area contributed by atoms with Crippen LogP contribution in [0.5, 0.6) is 0 Å². The molecule has 0 aliphatic rings. The first-order chi connectivity index (χ1) is 9.33. The average molecular weight is 252 g/mol. The van der Waals surface area contributed by atoms with Crippen molar-refractivity contribution >= 4 is 16.8 Å². The van der Waals surface area contributed by atoms with E-state index in [1.807, 2.05) is 30.3 Å². The van der Waals surface area contributed by atoms with Gasteiger partial charge in [-0.05, 0) is 24.3 Å². The van der Waals surface area contributed by atoms with E-state index >= 15 is 0 Å². The number of amides is 1.